The quantitative estimate of drug-likeness (QED) is 0.664. The van der Waals surface area contributed by atoms with Crippen LogP contribution in [0.4, 0.5) is 26.2 Å². The van der Waals surface area contributed by atoms with Crippen molar-refractivity contribution in [3.63, 3.8) is 0 Å². The number of hydrogen-bond acceptors (Lipinski definition) is 3. The van der Waals surface area contributed by atoms with Gasteiger partial charge in [0.05, 0.1) is 10.6 Å². The summed E-state index contributed by atoms with van der Waals surface area (Å²) in [4.78, 5) is 21.9. The molecule has 0 radical (unpaired) electrons. The molecule has 0 spiro atoms. The molecule has 0 heterocycles. The minimum Gasteiger partial charge on any atom is -0.308 e. The number of nitro groups is 1. The Morgan fingerprint density at radius 3 is 2.45 bits per heavy atom. The molecule has 0 aliphatic heterocycles. The molecule has 2 amide bonds. The van der Waals surface area contributed by atoms with E-state index < -0.39 is 16.8 Å². The van der Waals surface area contributed by atoms with E-state index in [1.54, 1.807) is 12.1 Å². The van der Waals surface area contributed by atoms with Crippen LogP contribution in [-0.4, -0.2) is 11.0 Å². The maximum Gasteiger partial charge on any atom is 0.323 e. The number of halogens is 1. The Bertz CT molecular complexity index is 747. The Labute approximate surface area is 126 Å². The molecule has 0 saturated heterocycles. The lowest BCUT2D eigenvalue weighted by atomic mass is 10.1. The second-order valence-corrected chi connectivity index (χ2v) is 4.80. The number of carbonyl (C=O) groups is 1. The first-order valence-corrected chi connectivity index (χ1v) is 6.46. The van der Waals surface area contributed by atoms with Gasteiger partial charge in [0.1, 0.15) is 5.82 Å². The third-order valence-electron chi connectivity index (χ3n) is 3.17. The van der Waals surface area contributed by atoms with Crippen LogP contribution in [0.3, 0.4) is 0 Å². The molecule has 2 N–H and O–H groups in total. The van der Waals surface area contributed by atoms with Crippen molar-refractivity contribution < 1.29 is 14.1 Å². The molecule has 22 heavy (non-hydrogen) atoms. The molecule has 2 aromatic carbocycles. The first-order chi connectivity index (χ1) is 10.4. The lowest BCUT2D eigenvalue weighted by molar-refractivity contribution is -0.384. The van der Waals surface area contributed by atoms with Gasteiger partial charge < -0.3 is 10.6 Å². The zero-order valence-corrected chi connectivity index (χ0v) is 12.0. The predicted octanol–water partition coefficient (Wildman–Crippen LogP) is 3.99. The van der Waals surface area contributed by atoms with Gasteiger partial charge in [-0.15, -0.1) is 0 Å². The summed E-state index contributed by atoms with van der Waals surface area (Å²) in [6, 6.07) is 7.59. The molecule has 7 heteroatoms. The maximum atomic E-state index is 13.6. The summed E-state index contributed by atoms with van der Waals surface area (Å²) in [6.07, 6.45) is 0. The summed E-state index contributed by atoms with van der Waals surface area (Å²) >= 11 is 0. The highest BCUT2D eigenvalue weighted by molar-refractivity contribution is 6.00. The Morgan fingerprint density at radius 2 is 1.82 bits per heavy atom. The molecule has 0 unspecified atom stereocenters. The number of non-ortho nitro benzene ring substituents is 1. The fraction of sp³-hybridized carbons (Fsp3) is 0.133. The predicted molar refractivity (Wildman–Crippen MR) is 81.6 cm³/mol. The Hall–Kier alpha value is -2.96. The molecule has 114 valence electrons. The summed E-state index contributed by atoms with van der Waals surface area (Å²) in [6.45, 7) is 3.84. The highest BCUT2D eigenvalue weighted by Crippen LogP contribution is 2.21. The summed E-state index contributed by atoms with van der Waals surface area (Å²) in [5.74, 6) is -0.749. The fourth-order valence-corrected chi connectivity index (χ4v) is 1.83. The third kappa shape index (κ3) is 3.57. The van der Waals surface area contributed by atoms with E-state index in [1.807, 2.05) is 19.9 Å². The lowest BCUT2D eigenvalue weighted by Crippen LogP contribution is -2.20. The number of amides is 2. The van der Waals surface area contributed by atoms with E-state index in [9.17, 15) is 19.3 Å². The Balaban J connectivity index is 2.13. The average molecular weight is 303 g/mol. The molecule has 0 bridgehead atoms. The van der Waals surface area contributed by atoms with Gasteiger partial charge in [-0.05, 0) is 43.2 Å². The van der Waals surface area contributed by atoms with Crippen LogP contribution < -0.4 is 10.6 Å². The number of rotatable bonds is 3. The van der Waals surface area contributed by atoms with Crippen molar-refractivity contribution in [1.82, 2.24) is 0 Å². The van der Waals surface area contributed by atoms with Crippen LogP contribution in [0.5, 0.6) is 0 Å². The Morgan fingerprint density at radius 1 is 1.09 bits per heavy atom. The third-order valence-corrected chi connectivity index (χ3v) is 3.17. The van der Waals surface area contributed by atoms with Crippen LogP contribution in [0.25, 0.3) is 0 Å². The highest BCUT2D eigenvalue weighted by atomic mass is 19.1. The number of anilines is 2. The molecule has 0 aliphatic carbocycles. The van der Waals surface area contributed by atoms with Crippen LogP contribution in [-0.2, 0) is 0 Å². The van der Waals surface area contributed by atoms with Crippen molar-refractivity contribution in [1.29, 1.82) is 0 Å². The molecular weight excluding hydrogens is 289 g/mol. The van der Waals surface area contributed by atoms with Crippen LogP contribution in [0.1, 0.15) is 11.1 Å². The number of aryl methyl sites for hydroxylation is 2. The number of nitro benzene ring substituents is 1. The highest BCUT2D eigenvalue weighted by Gasteiger charge is 2.13. The van der Waals surface area contributed by atoms with Crippen molar-refractivity contribution in [2.45, 2.75) is 13.8 Å². The van der Waals surface area contributed by atoms with Gasteiger partial charge >= 0.3 is 6.03 Å². The lowest BCUT2D eigenvalue weighted by Gasteiger charge is -2.09. The standard InChI is InChI=1S/C15H14FN3O3/c1-9-3-4-11(7-10(9)2)17-15(20)18-14-8-12(19(21)22)5-6-13(14)16/h3-8H,1-2H3,(H2,17,18,20). The first kappa shape index (κ1) is 15.4. The molecule has 0 atom stereocenters. The van der Waals surface area contributed by atoms with Gasteiger partial charge in [0.2, 0.25) is 0 Å². The molecule has 0 aliphatic rings. The van der Waals surface area contributed by atoms with Crippen LogP contribution in [0.15, 0.2) is 36.4 Å². The molecular formula is C15H14FN3O3. The molecule has 2 aromatic rings. The number of nitrogens with zero attached hydrogens (tertiary/aromatic N) is 1. The van der Waals surface area contributed by atoms with E-state index in [0.29, 0.717) is 5.69 Å². The Kier molecular flexibility index (Phi) is 4.36. The van der Waals surface area contributed by atoms with Gasteiger partial charge in [-0.2, -0.15) is 0 Å². The van der Waals surface area contributed by atoms with Crippen LogP contribution in [0.2, 0.25) is 0 Å². The fourth-order valence-electron chi connectivity index (χ4n) is 1.83. The minimum absolute atomic E-state index is 0.254. The molecule has 2 rings (SSSR count). The van der Waals surface area contributed by atoms with Crippen molar-refractivity contribution in [3.05, 3.63) is 63.5 Å². The number of urea groups is 1. The van der Waals surface area contributed by atoms with E-state index in [2.05, 4.69) is 10.6 Å². The second-order valence-electron chi connectivity index (χ2n) is 4.80. The average Bonchev–Trinajstić information content (AvgIpc) is 2.45. The number of hydrogen-bond donors (Lipinski definition) is 2. The summed E-state index contributed by atoms with van der Waals surface area (Å²) < 4.78 is 13.6. The summed E-state index contributed by atoms with van der Waals surface area (Å²) in [5.41, 5.74) is 2.07. The van der Waals surface area contributed by atoms with Crippen molar-refractivity contribution in [2.24, 2.45) is 0 Å². The first-order valence-electron chi connectivity index (χ1n) is 6.46. The van der Waals surface area contributed by atoms with Crippen LogP contribution in [0, 0.1) is 29.8 Å². The smallest absolute Gasteiger partial charge is 0.308 e. The SMILES string of the molecule is Cc1ccc(NC(=O)Nc2cc([N+](=O)[O-])ccc2F)cc1C. The van der Waals surface area contributed by atoms with Gasteiger partial charge in [0.15, 0.2) is 0 Å². The molecule has 0 saturated carbocycles. The van der Waals surface area contributed by atoms with Crippen LogP contribution >= 0.6 is 0 Å². The number of carbonyl (C=O) groups excluding carboxylic acids is 1. The largest absolute Gasteiger partial charge is 0.323 e. The zero-order valence-electron chi connectivity index (χ0n) is 12.0. The molecule has 0 aromatic heterocycles. The summed E-state index contributed by atoms with van der Waals surface area (Å²) in [5, 5.41) is 15.5. The van der Waals surface area contributed by atoms with Crippen molar-refractivity contribution in [3.8, 4) is 0 Å². The van der Waals surface area contributed by atoms with Gasteiger partial charge in [0, 0.05) is 17.8 Å². The van der Waals surface area contributed by atoms with Gasteiger partial charge in [-0.25, -0.2) is 9.18 Å². The molecule has 0 fully saturated rings. The normalized spacial score (nSPS) is 10.1. The monoisotopic (exact) mass is 303 g/mol. The van der Waals surface area contributed by atoms with Crippen molar-refractivity contribution >= 4 is 23.1 Å². The van der Waals surface area contributed by atoms with Gasteiger partial charge in [-0.1, -0.05) is 6.07 Å². The van der Waals surface area contributed by atoms with E-state index in [0.717, 1.165) is 29.3 Å². The molecule has 6 nitrogen and oxygen atoms in total. The van der Waals surface area contributed by atoms with Gasteiger partial charge in [-0.3, -0.25) is 10.1 Å². The topological polar surface area (TPSA) is 84.3 Å². The van der Waals surface area contributed by atoms with E-state index in [4.69, 9.17) is 0 Å². The van der Waals surface area contributed by atoms with Crippen molar-refractivity contribution in [2.75, 3.05) is 10.6 Å². The van der Waals surface area contributed by atoms with E-state index in [1.165, 1.54) is 0 Å². The summed E-state index contributed by atoms with van der Waals surface area (Å²) in [7, 11) is 0. The zero-order chi connectivity index (χ0) is 16.3. The van der Waals surface area contributed by atoms with E-state index in [-0.39, 0.29) is 11.4 Å². The maximum absolute atomic E-state index is 13.6. The minimum atomic E-state index is -0.749. The number of nitrogens with one attached hydrogen (secondary N) is 2. The van der Waals surface area contributed by atoms with Gasteiger partial charge in [0.25, 0.3) is 5.69 Å². The van der Waals surface area contributed by atoms with E-state index >= 15 is 0 Å². The number of benzene rings is 2. The second kappa shape index (κ2) is 6.21.